The van der Waals surface area contributed by atoms with Crippen LogP contribution in [-0.4, -0.2) is 34.2 Å². The Bertz CT molecular complexity index is 861. The highest BCUT2D eigenvalue weighted by molar-refractivity contribution is 8.26. The molecule has 0 radical (unpaired) electrons. The van der Waals surface area contributed by atoms with Crippen LogP contribution in [0, 0.1) is 0 Å². The van der Waals surface area contributed by atoms with Crippen LogP contribution in [0.3, 0.4) is 0 Å². The topological polar surface area (TPSA) is 58.6 Å². The molecule has 1 aliphatic rings. The summed E-state index contributed by atoms with van der Waals surface area (Å²) in [5.41, 5.74) is 0.687. The summed E-state index contributed by atoms with van der Waals surface area (Å²) in [5, 5.41) is 4.77. The molecule has 0 saturated carbocycles. The van der Waals surface area contributed by atoms with Gasteiger partial charge in [-0.15, -0.1) is 11.3 Å². The first-order chi connectivity index (χ1) is 13.1. The van der Waals surface area contributed by atoms with Gasteiger partial charge in [-0.1, -0.05) is 30.0 Å². The molecular weight excluding hydrogens is 400 g/mol. The maximum atomic E-state index is 12.5. The van der Waals surface area contributed by atoms with E-state index in [9.17, 15) is 9.59 Å². The minimum Gasteiger partial charge on any atom is -0.494 e. The van der Waals surface area contributed by atoms with Crippen LogP contribution in [0.4, 0.5) is 5.69 Å². The van der Waals surface area contributed by atoms with Gasteiger partial charge in [-0.3, -0.25) is 14.5 Å². The lowest BCUT2D eigenvalue weighted by atomic mass is 10.3. The molecule has 1 N–H and O–H groups in total. The van der Waals surface area contributed by atoms with Gasteiger partial charge in [0.2, 0.25) is 5.91 Å². The van der Waals surface area contributed by atoms with Crippen molar-refractivity contribution in [2.75, 3.05) is 18.5 Å². The molecule has 3 rings (SSSR count). The molecule has 140 valence electrons. The molecule has 8 heteroatoms. The van der Waals surface area contributed by atoms with Crippen molar-refractivity contribution in [1.29, 1.82) is 0 Å². The molecule has 0 bridgehead atoms. The van der Waals surface area contributed by atoms with E-state index in [4.69, 9.17) is 17.0 Å². The Morgan fingerprint density at radius 2 is 2.07 bits per heavy atom. The third-order valence-electron chi connectivity index (χ3n) is 3.70. The number of thiocarbonyl (C=S) groups is 1. The smallest absolute Gasteiger partial charge is 0.266 e. The standard InChI is InChI=1S/C19H18N2O3S3/c1-2-24-14-7-5-13(6-8-14)20-17(22)9-10-21-18(23)16(27-19(21)25)12-15-4-3-11-26-15/h3-8,11-12H,2,9-10H2,1H3,(H,20,22). The van der Waals surface area contributed by atoms with Gasteiger partial charge in [-0.2, -0.15) is 0 Å². The number of rotatable bonds is 7. The number of carbonyl (C=O) groups excluding carboxylic acids is 2. The highest BCUT2D eigenvalue weighted by Crippen LogP contribution is 2.33. The third kappa shape index (κ3) is 5.18. The van der Waals surface area contributed by atoms with Crippen molar-refractivity contribution >= 4 is 63.2 Å². The fraction of sp³-hybridized carbons (Fsp3) is 0.211. The van der Waals surface area contributed by atoms with Gasteiger partial charge in [-0.25, -0.2) is 0 Å². The van der Waals surface area contributed by atoms with E-state index < -0.39 is 0 Å². The van der Waals surface area contributed by atoms with Crippen molar-refractivity contribution in [3.63, 3.8) is 0 Å². The quantitative estimate of drug-likeness (QED) is 0.534. The van der Waals surface area contributed by atoms with Gasteiger partial charge in [0, 0.05) is 23.5 Å². The summed E-state index contributed by atoms with van der Waals surface area (Å²) in [6, 6.07) is 11.1. The molecule has 1 saturated heterocycles. The summed E-state index contributed by atoms with van der Waals surface area (Å²) in [6.45, 7) is 2.77. The maximum Gasteiger partial charge on any atom is 0.266 e. The summed E-state index contributed by atoms with van der Waals surface area (Å²) in [4.78, 5) is 27.8. The van der Waals surface area contributed by atoms with Crippen molar-refractivity contribution < 1.29 is 14.3 Å². The SMILES string of the molecule is CCOc1ccc(NC(=O)CCN2C(=O)C(=Cc3cccs3)SC2=S)cc1. The molecule has 1 fully saturated rings. The zero-order valence-corrected chi connectivity index (χ0v) is 17.1. The normalized spacial score (nSPS) is 15.4. The second kappa shape index (κ2) is 9.16. The molecule has 1 aromatic carbocycles. The number of ether oxygens (including phenoxy) is 1. The number of benzene rings is 1. The first-order valence-corrected chi connectivity index (χ1v) is 10.5. The summed E-state index contributed by atoms with van der Waals surface area (Å²) >= 11 is 8.13. The number of nitrogens with zero attached hydrogens (tertiary/aromatic N) is 1. The van der Waals surface area contributed by atoms with Gasteiger partial charge in [0.1, 0.15) is 10.1 Å². The maximum absolute atomic E-state index is 12.5. The summed E-state index contributed by atoms with van der Waals surface area (Å²) in [7, 11) is 0. The monoisotopic (exact) mass is 418 g/mol. The summed E-state index contributed by atoms with van der Waals surface area (Å²) in [6.07, 6.45) is 2.01. The van der Waals surface area contributed by atoms with E-state index in [1.807, 2.05) is 30.5 Å². The average Bonchev–Trinajstić information content (AvgIpc) is 3.24. The van der Waals surface area contributed by atoms with Crippen molar-refractivity contribution in [2.24, 2.45) is 0 Å². The third-order valence-corrected chi connectivity index (χ3v) is 5.90. The van der Waals surface area contributed by atoms with Gasteiger partial charge >= 0.3 is 0 Å². The number of thiophene rings is 1. The molecular formula is C19H18N2O3S3. The van der Waals surface area contributed by atoms with Crippen LogP contribution in [0.5, 0.6) is 5.75 Å². The molecule has 5 nitrogen and oxygen atoms in total. The largest absolute Gasteiger partial charge is 0.494 e. The van der Waals surface area contributed by atoms with Crippen molar-refractivity contribution in [3.05, 3.63) is 51.6 Å². The second-order valence-corrected chi connectivity index (χ2v) is 8.26. The Morgan fingerprint density at radius 3 is 2.74 bits per heavy atom. The van der Waals surface area contributed by atoms with E-state index in [2.05, 4.69) is 5.32 Å². The summed E-state index contributed by atoms with van der Waals surface area (Å²) < 4.78 is 5.86. The fourth-order valence-electron chi connectivity index (χ4n) is 2.43. The van der Waals surface area contributed by atoms with Crippen LogP contribution in [-0.2, 0) is 9.59 Å². The van der Waals surface area contributed by atoms with Crippen molar-refractivity contribution in [1.82, 2.24) is 4.90 Å². The molecule has 1 aromatic heterocycles. The first-order valence-electron chi connectivity index (χ1n) is 8.38. The lowest BCUT2D eigenvalue weighted by molar-refractivity contribution is -0.122. The van der Waals surface area contributed by atoms with Crippen LogP contribution >= 0.6 is 35.3 Å². The predicted octanol–water partition coefficient (Wildman–Crippen LogP) is 4.38. The fourth-order valence-corrected chi connectivity index (χ4v) is 4.46. The highest BCUT2D eigenvalue weighted by atomic mass is 32.2. The van der Waals surface area contributed by atoms with E-state index >= 15 is 0 Å². The number of thioether (sulfide) groups is 1. The van der Waals surface area contributed by atoms with Gasteiger partial charge in [-0.05, 0) is 48.7 Å². The molecule has 2 amide bonds. The molecule has 27 heavy (non-hydrogen) atoms. The Balaban J connectivity index is 1.54. The van der Waals surface area contributed by atoms with E-state index in [-0.39, 0.29) is 24.8 Å². The van der Waals surface area contributed by atoms with Gasteiger partial charge < -0.3 is 10.1 Å². The number of hydrogen-bond acceptors (Lipinski definition) is 6. The Kier molecular flexibility index (Phi) is 6.65. The van der Waals surface area contributed by atoms with E-state index in [0.29, 0.717) is 21.5 Å². The van der Waals surface area contributed by atoms with E-state index in [0.717, 1.165) is 10.6 Å². The van der Waals surface area contributed by atoms with Gasteiger partial charge in [0.25, 0.3) is 5.91 Å². The minimum absolute atomic E-state index is 0.146. The summed E-state index contributed by atoms with van der Waals surface area (Å²) in [5.74, 6) is 0.438. The second-order valence-electron chi connectivity index (χ2n) is 5.60. The Labute approximate surface area is 171 Å². The number of nitrogens with one attached hydrogen (secondary N) is 1. The average molecular weight is 419 g/mol. The van der Waals surface area contributed by atoms with Crippen LogP contribution < -0.4 is 10.1 Å². The van der Waals surface area contributed by atoms with Crippen LogP contribution in [0.1, 0.15) is 18.2 Å². The number of hydrogen-bond donors (Lipinski definition) is 1. The number of carbonyl (C=O) groups is 2. The molecule has 0 spiro atoms. The lowest BCUT2D eigenvalue weighted by Gasteiger charge is -2.14. The molecule has 0 aliphatic carbocycles. The van der Waals surface area contributed by atoms with Crippen molar-refractivity contribution in [2.45, 2.75) is 13.3 Å². The van der Waals surface area contributed by atoms with E-state index in [1.54, 1.807) is 35.6 Å². The molecule has 2 heterocycles. The van der Waals surface area contributed by atoms with Crippen LogP contribution in [0.2, 0.25) is 0 Å². The van der Waals surface area contributed by atoms with Gasteiger partial charge in [0.15, 0.2) is 0 Å². The van der Waals surface area contributed by atoms with Crippen LogP contribution in [0.15, 0.2) is 46.7 Å². The predicted molar refractivity (Wildman–Crippen MR) is 115 cm³/mol. The number of amides is 2. The number of anilines is 1. The zero-order chi connectivity index (χ0) is 19.2. The first kappa shape index (κ1) is 19.6. The Hall–Kier alpha value is -2.16. The molecule has 0 unspecified atom stereocenters. The molecule has 2 aromatic rings. The molecule has 1 aliphatic heterocycles. The highest BCUT2D eigenvalue weighted by Gasteiger charge is 2.32. The minimum atomic E-state index is -0.171. The zero-order valence-electron chi connectivity index (χ0n) is 14.6. The molecule has 0 atom stereocenters. The van der Waals surface area contributed by atoms with Gasteiger partial charge in [0.05, 0.1) is 11.5 Å². The Morgan fingerprint density at radius 1 is 1.30 bits per heavy atom. The van der Waals surface area contributed by atoms with E-state index in [1.165, 1.54) is 16.7 Å². The lowest BCUT2D eigenvalue weighted by Crippen LogP contribution is -2.31. The van der Waals surface area contributed by atoms with Crippen LogP contribution in [0.25, 0.3) is 6.08 Å². The van der Waals surface area contributed by atoms with Crippen molar-refractivity contribution in [3.8, 4) is 5.75 Å².